The summed E-state index contributed by atoms with van der Waals surface area (Å²) in [6.45, 7) is 10.3. The minimum absolute atomic E-state index is 0.0238. The number of hydrogen-bond donors (Lipinski definition) is 1. The Hall–Kier alpha value is -1.34. The van der Waals surface area contributed by atoms with E-state index in [-0.39, 0.29) is 18.1 Å². The Balaban J connectivity index is 2.27. The van der Waals surface area contributed by atoms with E-state index >= 15 is 0 Å². The number of hydrogen-bond acceptors (Lipinski definition) is 7. The van der Waals surface area contributed by atoms with Crippen molar-refractivity contribution < 1.29 is 26.2 Å². The van der Waals surface area contributed by atoms with Gasteiger partial charge in [-0.2, -0.15) is 12.8 Å². The van der Waals surface area contributed by atoms with Crippen LogP contribution >= 0.6 is 0 Å². The molecule has 0 radical (unpaired) electrons. The summed E-state index contributed by atoms with van der Waals surface area (Å²) in [7, 11) is -5.95. The zero-order valence-corrected chi connectivity index (χ0v) is 18.6. The summed E-state index contributed by atoms with van der Waals surface area (Å²) in [5, 5.41) is -0.0722. The fraction of sp³-hybridized carbons (Fsp3) is 0.750. The molecule has 1 aliphatic heterocycles. The number of rotatable bonds is 6. The molecule has 9 nitrogen and oxygen atoms in total. The Labute approximate surface area is 164 Å². The number of halogens is 1. The number of nitrogens with one attached hydrogen (secondary N) is 1. The second-order valence-corrected chi connectivity index (χ2v) is 14.8. The second kappa shape index (κ2) is 7.82. The van der Waals surface area contributed by atoms with Gasteiger partial charge in [-0.1, -0.05) is 20.8 Å². The third kappa shape index (κ3) is 5.38. The molecular formula is C16H27FN2O7SSi. The summed E-state index contributed by atoms with van der Waals surface area (Å²) in [6.07, 6.45) is -1.07. The standard InChI is InChI=1S/C16H27FN2O7SSi/c1-16(2,3)28(5,6)24-9-12-11(26-27(4,22)23)7-13(25-12)19-8-10(17)14(20)18-15(19)21/h8,11-13H,7,9H2,1-6H3,(H,18,20,21)/t11-,12+,13-/m0/s1. The van der Waals surface area contributed by atoms with E-state index < -0.39 is 53.9 Å². The Kier molecular flexibility index (Phi) is 6.41. The highest BCUT2D eigenvalue weighted by atomic mass is 32.2. The Bertz CT molecular complexity index is 936. The molecular weight excluding hydrogens is 411 g/mol. The van der Waals surface area contributed by atoms with E-state index in [1.807, 2.05) is 18.1 Å². The molecule has 2 heterocycles. The molecule has 1 aromatic rings. The van der Waals surface area contributed by atoms with Crippen molar-refractivity contribution in [3.8, 4) is 0 Å². The van der Waals surface area contributed by atoms with Gasteiger partial charge in [0.1, 0.15) is 18.4 Å². The molecule has 0 aliphatic carbocycles. The van der Waals surface area contributed by atoms with Gasteiger partial charge in [0.15, 0.2) is 8.32 Å². The molecule has 0 saturated carbocycles. The van der Waals surface area contributed by atoms with Crippen LogP contribution in [0.4, 0.5) is 4.39 Å². The molecule has 1 fully saturated rings. The molecule has 1 saturated heterocycles. The van der Waals surface area contributed by atoms with Crippen molar-refractivity contribution >= 4 is 18.4 Å². The normalized spacial score (nSPS) is 23.9. The van der Waals surface area contributed by atoms with Crippen LogP contribution in [0.1, 0.15) is 33.4 Å². The third-order valence-corrected chi connectivity index (χ3v) is 10.2. The highest BCUT2D eigenvalue weighted by Gasteiger charge is 2.43. The first kappa shape index (κ1) is 22.9. The molecule has 1 aliphatic rings. The molecule has 28 heavy (non-hydrogen) atoms. The molecule has 0 unspecified atom stereocenters. The van der Waals surface area contributed by atoms with E-state index in [9.17, 15) is 22.4 Å². The number of aromatic amines is 1. The monoisotopic (exact) mass is 438 g/mol. The quantitative estimate of drug-likeness (QED) is 0.526. The van der Waals surface area contributed by atoms with Crippen LogP contribution in [0, 0.1) is 5.82 Å². The van der Waals surface area contributed by atoms with Gasteiger partial charge < -0.3 is 9.16 Å². The predicted octanol–water partition coefficient (Wildman–Crippen LogP) is 1.33. The summed E-state index contributed by atoms with van der Waals surface area (Å²) in [5.74, 6) is -1.15. The molecule has 0 bridgehead atoms. The van der Waals surface area contributed by atoms with Crippen LogP contribution in [-0.2, 0) is 23.5 Å². The van der Waals surface area contributed by atoms with E-state index in [0.717, 1.165) is 17.0 Å². The lowest BCUT2D eigenvalue weighted by Crippen LogP contribution is -2.44. The fourth-order valence-corrected chi connectivity index (χ4v) is 4.19. The van der Waals surface area contributed by atoms with Crippen LogP contribution in [0.5, 0.6) is 0 Å². The van der Waals surface area contributed by atoms with Gasteiger partial charge in [-0.3, -0.25) is 18.5 Å². The maximum atomic E-state index is 13.6. The Morgan fingerprint density at radius 2 is 1.96 bits per heavy atom. The summed E-state index contributed by atoms with van der Waals surface area (Å²) < 4.78 is 54.7. The Morgan fingerprint density at radius 1 is 1.36 bits per heavy atom. The van der Waals surface area contributed by atoms with Crippen molar-refractivity contribution in [1.29, 1.82) is 0 Å². The van der Waals surface area contributed by atoms with Gasteiger partial charge >= 0.3 is 5.69 Å². The van der Waals surface area contributed by atoms with Crippen molar-refractivity contribution in [3.63, 3.8) is 0 Å². The van der Waals surface area contributed by atoms with Crippen LogP contribution in [0.2, 0.25) is 18.1 Å². The van der Waals surface area contributed by atoms with Crippen LogP contribution in [0.3, 0.4) is 0 Å². The zero-order chi connectivity index (χ0) is 21.5. The molecule has 0 aromatic carbocycles. The molecule has 0 spiro atoms. The fourth-order valence-electron chi connectivity index (χ4n) is 2.53. The summed E-state index contributed by atoms with van der Waals surface area (Å²) >= 11 is 0. The summed E-state index contributed by atoms with van der Waals surface area (Å²) in [6, 6.07) is 0. The molecule has 1 N–H and O–H groups in total. The van der Waals surface area contributed by atoms with Crippen molar-refractivity contribution in [1.82, 2.24) is 9.55 Å². The van der Waals surface area contributed by atoms with Crippen LogP contribution in [0.15, 0.2) is 15.8 Å². The lowest BCUT2D eigenvalue weighted by molar-refractivity contribution is -0.0390. The lowest BCUT2D eigenvalue weighted by atomic mass is 10.2. The first-order chi connectivity index (χ1) is 12.6. The minimum atomic E-state index is -3.80. The van der Waals surface area contributed by atoms with Crippen molar-refractivity contribution in [2.24, 2.45) is 0 Å². The average molecular weight is 439 g/mol. The van der Waals surface area contributed by atoms with Crippen molar-refractivity contribution in [2.75, 3.05) is 12.9 Å². The van der Waals surface area contributed by atoms with Crippen molar-refractivity contribution in [3.05, 3.63) is 32.9 Å². The van der Waals surface area contributed by atoms with E-state index in [1.54, 1.807) is 0 Å². The van der Waals surface area contributed by atoms with Gasteiger partial charge in [0.2, 0.25) is 5.82 Å². The van der Waals surface area contributed by atoms with Crippen LogP contribution in [-0.4, -0.2) is 51.4 Å². The van der Waals surface area contributed by atoms with Gasteiger partial charge in [0.05, 0.1) is 19.1 Å². The zero-order valence-electron chi connectivity index (χ0n) is 16.8. The number of aromatic nitrogens is 2. The number of nitrogens with zero attached hydrogens (tertiary/aromatic N) is 1. The first-order valence-corrected chi connectivity index (χ1v) is 13.5. The van der Waals surface area contributed by atoms with Crippen LogP contribution in [0.25, 0.3) is 0 Å². The highest BCUT2D eigenvalue weighted by molar-refractivity contribution is 7.86. The van der Waals surface area contributed by atoms with Gasteiger partial charge in [-0.05, 0) is 18.1 Å². The molecule has 12 heteroatoms. The predicted molar refractivity (Wildman–Crippen MR) is 103 cm³/mol. The first-order valence-electron chi connectivity index (χ1n) is 8.79. The topological polar surface area (TPSA) is 117 Å². The van der Waals surface area contributed by atoms with E-state index in [2.05, 4.69) is 20.8 Å². The van der Waals surface area contributed by atoms with Gasteiger partial charge in [0.25, 0.3) is 15.7 Å². The molecule has 160 valence electrons. The summed E-state index contributed by atoms with van der Waals surface area (Å²) in [4.78, 5) is 25.1. The maximum Gasteiger partial charge on any atom is 0.330 e. The Morgan fingerprint density at radius 3 is 2.50 bits per heavy atom. The molecule has 1 aromatic heterocycles. The van der Waals surface area contributed by atoms with E-state index in [1.165, 1.54) is 0 Å². The van der Waals surface area contributed by atoms with E-state index in [4.69, 9.17) is 13.3 Å². The summed E-state index contributed by atoms with van der Waals surface area (Å²) in [5.41, 5.74) is -2.00. The number of H-pyrrole nitrogens is 1. The average Bonchev–Trinajstić information content (AvgIpc) is 2.88. The second-order valence-electron chi connectivity index (χ2n) is 8.42. The third-order valence-electron chi connectivity index (χ3n) is 5.13. The van der Waals surface area contributed by atoms with Gasteiger partial charge in [0, 0.05) is 6.42 Å². The molecule has 2 rings (SSSR count). The molecule has 3 atom stereocenters. The number of ether oxygens (including phenoxy) is 1. The van der Waals surface area contributed by atoms with Gasteiger partial charge in [-0.15, -0.1) is 0 Å². The van der Waals surface area contributed by atoms with Gasteiger partial charge in [-0.25, -0.2) is 4.79 Å². The maximum absolute atomic E-state index is 13.6. The SMILES string of the molecule is CC(C)(C)[Si](C)(C)OC[C@H]1O[C@H](n2cc(F)c(=O)[nH]c2=O)C[C@@H]1OS(C)(=O)=O. The van der Waals surface area contributed by atoms with E-state index in [0.29, 0.717) is 0 Å². The largest absolute Gasteiger partial charge is 0.414 e. The highest BCUT2D eigenvalue weighted by Crippen LogP contribution is 2.38. The van der Waals surface area contributed by atoms with Crippen LogP contribution < -0.4 is 11.2 Å². The minimum Gasteiger partial charge on any atom is -0.414 e. The molecule has 0 amide bonds. The lowest BCUT2D eigenvalue weighted by Gasteiger charge is -2.37. The smallest absolute Gasteiger partial charge is 0.330 e. The van der Waals surface area contributed by atoms with Crippen molar-refractivity contribution in [2.45, 2.75) is 63.8 Å².